The maximum Gasteiger partial charge on any atom is 0.223 e. The average Bonchev–Trinajstić information content (AvgIpc) is 3.26. The molecule has 4 nitrogen and oxygen atoms in total. The molecule has 0 radical (unpaired) electrons. The Bertz CT molecular complexity index is 654. The quantitative estimate of drug-likeness (QED) is 0.839. The van der Waals surface area contributed by atoms with Gasteiger partial charge in [0.1, 0.15) is 5.01 Å². The minimum absolute atomic E-state index is 0.0475. The molecule has 24 heavy (non-hydrogen) atoms. The lowest BCUT2D eigenvalue weighted by Gasteiger charge is -2.28. The van der Waals surface area contributed by atoms with Gasteiger partial charge in [-0.1, -0.05) is 6.42 Å². The Kier molecular flexibility index (Phi) is 6.03. The van der Waals surface area contributed by atoms with E-state index in [1.165, 1.54) is 5.56 Å². The Balaban J connectivity index is 1.70. The van der Waals surface area contributed by atoms with Crippen LogP contribution >= 0.6 is 22.7 Å². The molecule has 6 heteroatoms. The van der Waals surface area contributed by atoms with Crippen LogP contribution in [-0.4, -0.2) is 24.1 Å². The predicted molar refractivity (Wildman–Crippen MR) is 98.5 cm³/mol. The number of thiazole rings is 1. The number of ether oxygens (including phenoxy) is 1. The number of thiophene rings is 1. The second-order valence-corrected chi connectivity index (χ2v) is 8.11. The molecule has 0 spiro atoms. The standard InChI is InChI=1S/C18H24N2O2S2/c1-12-10-24-18(19-12)16(8-13-6-7-23-11-13)20-17(21)14-4-3-5-15(9-14)22-2/h6-7,10-11,14-16H,3-5,8-9H2,1-2H3,(H,20,21)/t14-,15+,16-/m0/s1. The first-order valence-electron chi connectivity index (χ1n) is 8.42. The first-order valence-corrected chi connectivity index (χ1v) is 10.2. The van der Waals surface area contributed by atoms with Gasteiger partial charge in [-0.15, -0.1) is 11.3 Å². The van der Waals surface area contributed by atoms with E-state index in [1.807, 2.05) is 12.3 Å². The number of nitrogens with zero attached hydrogens (tertiary/aromatic N) is 1. The van der Waals surface area contributed by atoms with E-state index in [9.17, 15) is 4.79 Å². The second kappa shape index (κ2) is 8.23. The highest BCUT2D eigenvalue weighted by Crippen LogP contribution is 2.28. The molecule has 0 bridgehead atoms. The minimum atomic E-state index is -0.0475. The third kappa shape index (κ3) is 4.43. The molecule has 2 heterocycles. The molecule has 3 rings (SSSR count). The number of aryl methyl sites for hydroxylation is 1. The molecule has 130 valence electrons. The van der Waals surface area contributed by atoms with Crippen LogP contribution in [0.4, 0.5) is 0 Å². The lowest BCUT2D eigenvalue weighted by molar-refractivity contribution is -0.128. The fourth-order valence-electron chi connectivity index (χ4n) is 3.26. The first kappa shape index (κ1) is 17.6. The van der Waals surface area contributed by atoms with Crippen molar-refractivity contribution in [3.8, 4) is 0 Å². The first-order chi connectivity index (χ1) is 11.7. The van der Waals surface area contributed by atoms with E-state index < -0.39 is 0 Å². The van der Waals surface area contributed by atoms with Crippen molar-refractivity contribution < 1.29 is 9.53 Å². The summed E-state index contributed by atoms with van der Waals surface area (Å²) in [6.07, 6.45) is 4.90. The Morgan fingerprint density at radius 2 is 2.33 bits per heavy atom. The van der Waals surface area contributed by atoms with Crippen LogP contribution in [0.5, 0.6) is 0 Å². The lowest BCUT2D eigenvalue weighted by atomic mass is 9.86. The van der Waals surface area contributed by atoms with Crippen molar-refractivity contribution in [3.63, 3.8) is 0 Å². The van der Waals surface area contributed by atoms with Crippen LogP contribution in [0.2, 0.25) is 0 Å². The van der Waals surface area contributed by atoms with Crippen LogP contribution in [0.15, 0.2) is 22.2 Å². The van der Waals surface area contributed by atoms with E-state index in [0.29, 0.717) is 0 Å². The molecular formula is C18H24N2O2S2. The predicted octanol–water partition coefficient (Wildman–Crippen LogP) is 4.12. The molecule has 2 aromatic rings. The van der Waals surface area contributed by atoms with Crippen molar-refractivity contribution in [2.75, 3.05) is 7.11 Å². The van der Waals surface area contributed by atoms with Gasteiger partial charge in [-0.3, -0.25) is 4.79 Å². The number of aromatic nitrogens is 1. The third-order valence-electron chi connectivity index (χ3n) is 4.60. The van der Waals surface area contributed by atoms with Crippen molar-refractivity contribution in [1.82, 2.24) is 10.3 Å². The third-order valence-corrected chi connectivity index (χ3v) is 6.41. The lowest BCUT2D eigenvalue weighted by Crippen LogP contribution is -2.38. The zero-order valence-electron chi connectivity index (χ0n) is 14.2. The summed E-state index contributed by atoms with van der Waals surface area (Å²) in [4.78, 5) is 17.4. The molecule has 0 saturated heterocycles. The van der Waals surface area contributed by atoms with Crippen LogP contribution in [0.3, 0.4) is 0 Å². The summed E-state index contributed by atoms with van der Waals surface area (Å²) in [6, 6.07) is 2.07. The Morgan fingerprint density at radius 3 is 3.00 bits per heavy atom. The van der Waals surface area contributed by atoms with Crippen LogP contribution in [0, 0.1) is 12.8 Å². The number of carbonyl (C=O) groups excluding carboxylic acids is 1. The molecule has 1 saturated carbocycles. The molecule has 3 atom stereocenters. The number of rotatable bonds is 6. The smallest absolute Gasteiger partial charge is 0.223 e. The summed E-state index contributed by atoms with van der Waals surface area (Å²) in [7, 11) is 1.74. The van der Waals surface area contributed by atoms with Crippen LogP contribution < -0.4 is 5.32 Å². The highest BCUT2D eigenvalue weighted by atomic mass is 32.1. The number of amides is 1. The molecule has 2 aromatic heterocycles. The molecule has 0 aromatic carbocycles. The van der Waals surface area contributed by atoms with Crippen LogP contribution in [0.25, 0.3) is 0 Å². The monoisotopic (exact) mass is 364 g/mol. The largest absolute Gasteiger partial charge is 0.381 e. The number of carbonyl (C=O) groups is 1. The summed E-state index contributed by atoms with van der Waals surface area (Å²) in [5.74, 6) is 0.194. The van der Waals surface area contributed by atoms with Crippen molar-refractivity contribution in [3.05, 3.63) is 38.5 Å². The van der Waals surface area contributed by atoms with E-state index in [0.717, 1.165) is 42.8 Å². The molecule has 1 aliphatic carbocycles. The maximum atomic E-state index is 12.8. The summed E-state index contributed by atoms with van der Waals surface area (Å²) in [5.41, 5.74) is 2.26. The van der Waals surface area contributed by atoms with Crippen molar-refractivity contribution in [1.29, 1.82) is 0 Å². The van der Waals surface area contributed by atoms with Crippen molar-refractivity contribution in [2.45, 2.75) is 51.2 Å². The summed E-state index contributed by atoms with van der Waals surface area (Å²) < 4.78 is 5.46. The van der Waals surface area contributed by atoms with Crippen molar-refractivity contribution in [2.24, 2.45) is 5.92 Å². The zero-order valence-corrected chi connectivity index (χ0v) is 15.8. The Morgan fingerprint density at radius 1 is 1.46 bits per heavy atom. The van der Waals surface area contributed by atoms with Gasteiger partial charge in [0.05, 0.1) is 12.1 Å². The van der Waals surface area contributed by atoms with Gasteiger partial charge in [0, 0.05) is 30.5 Å². The summed E-state index contributed by atoms with van der Waals surface area (Å²) in [6.45, 7) is 1.99. The van der Waals surface area contributed by atoms with E-state index in [2.05, 4.69) is 27.1 Å². The molecule has 0 aliphatic heterocycles. The van der Waals surface area contributed by atoms with Gasteiger partial charge in [-0.25, -0.2) is 4.98 Å². The fourth-order valence-corrected chi connectivity index (χ4v) is 4.79. The minimum Gasteiger partial charge on any atom is -0.381 e. The Labute approximate surface area is 151 Å². The highest BCUT2D eigenvalue weighted by molar-refractivity contribution is 7.09. The zero-order chi connectivity index (χ0) is 16.9. The molecule has 1 fully saturated rings. The van der Waals surface area contributed by atoms with Crippen LogP contribution in [-0.2, 0) is 16.0 Å². The van der Waals surface area contributed by atoms with Gasteiger partial charge < -0.3 is 10.1 Å². The highest BCUT2D eigenvalue weighted by Gasteiger charge is 2.29. The SMILES string of the molecule is CO[C@@H]1CCC[C@H](C(=O)N[C@@H](Cc2ccsc2)c2nc(C)cs2)C1. The van der Waals surface area contributed by atoms with E-state index in [1.54, 1.807) is 29.8 Å². The number of hydrogen-bond acceptors (Lipinski definition) is 5. The van der Waals surface area contributed by atoms with Gasteiger partial charge in [0.25, 0.3) is 0 Å². The molecule has 1 amide bonds. The van der Waals surface area contributed by atoms with Gasteiger partial charge in [0.2, 0.25) is 5.91 Å². The number of hydrogen-bond donors (Lipinski definition) is 1. The average molecular weight is 365 g/mol. The van der Waals surface area contributed by atoms with E-state index in [-0.39, 0.29) is 24.0 Å². The van der Waals surface area contributed by atoms with Gasteiger partial charge >= 0.3 is 0 Å². The summed E-state index contributed by atoms with van der Waals surface area (Å²) >= 11 is 3.31. The maximum absolute atomic E-state index is 12.8. The number of methoxy groups -OCH3 is 1. The van der Waals surface area contributed by atoms with Gasteiger partial charge in [-0.05, 0) is 48.6 Å². The van der Waals surface area contributed by atoms with E-state index in [4.69, 9.17) is 4.74 Å². The van der Waals surface area contributed by atoms with Crippen LogP contribution in [0.1, 0.15) is 48.0 Å². The molecule has 0 unspecified atom stereocenters. The molecule has 1 aliphatic rings. The molecular weight excluding hydrogens is 340 g/mol. The van der Waals surface area contributed by atoms with E-state index >= 15 is 0 Å². The Hall–Kier alpha value is -1.24. The number of nitrogens with one attached hydrogen (secondary N) is 1. The van der Waals surface area contributed by atoms with Gasteiger partial charge in [-0.2, -0.15) is 11.3 Å². The summed E-state index contributed by atoms with van der Waals surface area (Å²) in [5, 5.41) is 10.5. The van der Waals surface area contributed by atoms with Gasteiger partial charge in [0.15, 0.2) is 0 Å². The second-order valence-electron chi connectivity index (χ2n) is 6.45. The van der Waals surface area contributed by atoms with Crippen molar-refractivity contribution >= 4 is 28.6 Å². The fraction of sp³-hybridized carbons (Fsp3) is 0.556. The normalized spacial score (nSPS) is 22.2. The topological polar surface area (TPSA) is 51.2 Å². The molecule has 1 N–H and O–H groups in total.